The predicted octanol–water partition coefficient (Wildman–Crippen LogP) is 4.91. The zero-order chi connectivity index (χ0) is 21.8. The summed E-state index contributed by atoms with van der Waals surface area (Å²) in [4.78, 5) is 40.5. The van der Waals surface area contributed by atoms with E-state index < -0.39 is 12.1 Å². The van der Waals surface area contributed by atoms with Crippen molar-refractivity contribution in [2.24, 2.45) is 0 Å². The lowest BCUT2D eigenvalue weighted by molar-refractivity contribution is -0.114. The van der Waals surface area contributed by atoms with Gasteiger partial charge in [0.15, 0.2) is 6.10 Å². The molecule has 1 amide bonds. The third-order valence-electron chi connectivity index (χ3n) is 4.86. The van der Waals surface area contributed by atoms with E-state index in [0.29, 0.717) is 16.8 Å². The van der Waals surface area contributed by atoms with Gasteiger partial charge in [0.1, 0.15) is 0 Å². The lowest BCUT2D eigenvalue weighted by atomic mass is 9.99. The van der Waals surface area contributed by atoms with Gasteiger partial charge in [0.2, 0.25) is 11.7 Å². The second-order valence-corrected chi connectivity index (χ2v) is 7.07. The fourth-order valence-corrected chi connectivity index (χ4v) is 3.39. The summed E-state index contributed by atoms with van der Waals surface area (Å²) in [6, 6.07) is 22.7. The summed E-state index contributed by atoms with van der Waals surface area (Å²) >= 11 is 0. The molecule has 0 radical (unpaired) electrons. The molecular weight excluding hydrogens is 392 g/mol. The third kappa shape index (κ3) is 4.38. The highest BCUT2D eigenvalue weighted by Gasteiger charge is 2.28. The molecule has 0 spiro atoms. The van der Waals surface area contributed by atoms with Crippen molar-refractivity contribution in [3.05, 3.63) is 102 Å². The van der Waals surface area contributed by atoms with E-state index in [-0.39, 0.29) is 17.3 Å². The van der Waals surface area contributed by atoms with E-state index in [9.17, 15) is 14.4 Å². The molecular formula is C25H20N2O4. The molecule has 0 fully saturated rings. The number of carbonyl (C=O) groups excluding carboxylic acids is 3. The Balaban J connectivity index is 1.64. The number of esters is 1. The Morgan fingerprint density at radius 1 is 0.871 bits per heavy atom. The van der Waals surface area contributed by atoms with Gasteiger partial charge in [-0.25, -0.2) is 4.79 Å². The number of fused-ring (bicyclic) bond motifs is 1. The van der Waals surface area contributed by atoms with Gasteiger partial charge in [-0.1, -0.05) is 48.5 Å². The smallest absolute Gasteiger partial charge is 0.339 e. The largest absolute Gasteiger partial charge is 0.445 e. The molecule has 0 aliphatic rings. The van der Waals surface area contributed by atoms with Crippen molar-refractivity contribution in [2.45, 2.75) is 13.0 Å². The summed E-state index contributed by atoms with van der Waals surface area (Å²) < 4.78 is 5.69. The highest BCUT2D eigenvalue weighted by molar-refractivity contribution is 6.11. The number of H-pyrrole nitrogens is 1. The number of ketones is 1. The highest BCUT2D eigenvalue weighted by Crippen LogP contribution is 2.28. The van der Waals surface area contributed by atoms with Gasteiger partial charge >= 0.3 is 5.97 Å². The maximum absolute atomic E-state index is 13.4. The monoisotopic (exact) mass is 412 g/mol. The minimum absolute atomic E-state index is 0.205. The van der Waals surface area contributed by atoms with Crippen LogP contribution in [0.1, 0.15) is 39.3 Å². The van der Waals surface area contributed by atoms with Gasteiger partial charge in [0.25, 0.3) is 0 Å². The second-order valence-electron chi connectivity index (χ2n) is 7.07. The fraction of sp³-hybridized carbons (Fsp3) is 0.0800. The first-order valence-corrected chi connectivity index (χ1v) is 9.77. The molecule has 0 bridgehead atoms. The SMILES string of the molecule is CC(=O)Nc1ccc(C(=O)O[C@@H](C(=O)c2c[nH]c3ccccc23)c2ccccc2)cc1. The molecule has 0 unspecified atom stereocenters. The van der Waals surface area contributed by atoms with Crippen LogP contribution in [0.15, 0.2) is 85.1 Å². The van der Waals surface area contributed by atoms with E-state index >= 15 is 0 Å². The Labute approximate surface area is 178 Å². The van der Waals surface area contributed by atoms with Crippen LogP contribution in [-0.4, -0.2) is 22.6 Å². The number of para-hydroxylation sites is 1. The molecule has 6 heteroatoms. The number of aromatic amines is 1. The van der Waals surface area contributed by atoms with Crippen LogP contribution >= 0.6 is 0 Å². The zero-order valence-corrected chi connectivity index (χ0v) is 16.8. The summed E-state index contributed by atoms with van der Waals surface area (Å²) in [5.74, 6) is -1.15. The minimum atomic E-state index is -1.09. The van der Waals surface area contributed by atoms with Crippen LogP contribution in [0, 0.1) is 0 Å². The third-order valence-corrected chi connectivity index (χ3v) is 4.86. The van der Waals surface area contributed by atoms with Crippen LogP contribution in [0.5, 0.6) is 0 Å². The van der Waals surface area contributed by atoms with Crippen LogP contribution in [-0.2, 0) is 9.53 Å². The minimum Gasteiger partial charge on any atom is -0.445 e. The lowest BCUT2D eigenvalue weighted by Crippen LogP contribution is -2.20. The molecule has 0 saturated heterocycles. The van der Waals surface area contributed by atoms with Gasteiger partial charge in [-0.2, -0.15) is 0 Å². The standard InChI is InChI=1S/C25H20N2O4/c1-16(28)27-19-13-11-18(12-14-19)25(30)31-24(17-7-3-2-4-8-17)23(29)21-15-26-22-10-6-5-9-20(21)22/h2-15,24,26H,1H3,(H,27,28)/t24-/m1/s1. The predicted molar refractivity (Wildman–Crippen MR) is 118 cm³/mol. The van der Waals surface area contributed by atoms with Gasteiger partial charge in [-0.15, -0.1) is 0 Å². The number of carbonyl (C=O) groups is 3. The summed E-state index contributed by atoms with van der Waals surface area (Å²) in [5, 5.41) is 3.41. The van der Waals surface area contributed by atoms with Crippen molar-refractivity contribution >= 4 is 34.3 Å². The van der Waals surface area contributed by atoms with Crippen LogP contribution in [0.2, 0.25) is 0 Å². The maximum atomic E-state index is 13.4. The lowest BCUT2D eigenvalue weighted by Gasteiger charge is -2.17. The number of rotatable bonds is 6. The molecule has 0 aliphatic carbocycles. The maximum Gasteiger partial charge on any atom is 0.339 e. The van der Waals surface area contributed by atoms with Crippen molar-refractivity contribution < 1.29 is 19.1 Å². The molecule has 31 heavy (non-hydrogen) atoms. The molecule has 0 aliphatic heterocycles. The van der Waals surface area contributed by atoms with Gasteiger partial charge < -0.3 is 15.0 Å². The molecule has 1 atom stereocenters. The Morgan fingerprint density at radius 3 is 2.26 bits per heavy atom. The van der Waals surface area contributed by atoms with Crippen LogP contribution < -0.4 is 5.32 Å². The summed E-state index contributed by atoms with van der Waals surface area (Å²) in [5.41, 5.74) is 2.72. The quantitative estimate of drug-likeness (QED) is 0.348. The molecule has 1 aromatic heterocycles. The van der Waals surface area contributed by atoms with E-state index in [1.54, 1.807) is 54.7 Å². The van der Waals surface area contributed by atoms with Crippen LogP contribution in [0.25, 0.3) is 10.9 Å². The molecule has 4 aromatic rings. The highest BCUT2D eigenvalue weighted by atomic mass is 16.5. The van der Waals surface area contributed by atoms with E-state index in [4.69, 9.17) is 4.74 Å². The Morgan fingerprint density at radius 2 is 1.55 bits per heavy atom. The molecule has 154 valence electrons. The van der Waals surface area contributed by atoms with Crippen molar-refractivity contribution in [2.75, 3.05) is 5.32 Å². The first-order chi connectivity index (χ1) is 15.0. The molecule has 3 aromatic carbocycles. The Bertz CT molecular complexity index is 1240. The summed E-state index contributed by atoms with van der Waals surface area (Å²) in [6.07, 6.45) is 0.543. The number of amides is 1. The molecule has 2 N–H and O–H groups in total. The van der Waals surface area contributed by atoms with E-state index in [0.717, 1.165) is 10.9 Å². The van der Waals surface area contributed by atoms with Crippen molar-refractivity contribution in [3.63, 3.8) is 0 Å². The number of benzene rings is 3. The average Bonchev–Trinajstić information content (AvgIpc) is 3.22. The number of anilines is 1. The molecule has 4 rings (SSSR count). The molecule has 6 nitrogen and oxygen atoms in total. The first-order valence-electron chi connectivity index (χ1n) is 9.77. The summed E-state index contributed by atoms with van der Waals surface area (Å²) in [7, 11) is 0. The number of nitrogens with one attached hydrogen (secondary N) is 2. The van der Waals surface area contributed by atoms with Crippen molar-refractivity contribution in [1.29, 1.82) is 0 Å². The number of aromatic nitrogens is 1. The van der Waals surface area contributed by atoms with Crippen LogP contribution in [0.3, 0.4) is 0 Å². The van der Waals surface area contributed by atoms with E-state index in [2.05, 4.69) is 10.3 Å². The second kappa shape index (κ2) is 8.67. The zero-order valence-electron chi connectivity index (χ0n) is 16.8. The van der Waals surface area contributed by atoms with Crippen molar-refractivity contribution in [1.82, 2.24) is 4.98 Å². The van der Waals surface area contributed by atoms with E-state index in [1.807, 2.05) is 30.3 Å². The normalized spacial score (nSPS) is 11.6. The molecule has 1 heterocycles. The number of hydrogen-bond acceptors (Lipinski definition) is 4. The number of hydrogen-bond donors (Lipinski definition) is 2. The molecule has 0 saturated carbocycles. The van der Waals surface area contributed by atoms with Gasteiger partial charge in [-0.3, -0.25) is 9.59 Å². The van der Waals surface area contributed by atoms with Gasteiger partial charge in [0.05, 0.1) is 5.56 Å². The Kier molecular flexibility index (Phi) is 5.62. The number of Topliss-reactive ketones (excluding diaryl/α,β-unsaturated/α-hetero) is 1. The first kappa shape index (κ1) is 20.1. The van der Waals surface area contributed by atoms with Crippen molar-refractivity contribution in [3.8, 4) is 0 Å². The fourth-order valence-electron chi connectivity index (χ4n) is 3.39. The number of ether oxygens (including phenoxy) is 1. The van der Waals surface area contributed by atoms with Gasteiger partial charge in [0, 0.05) is 40.8 Å². The van der Waals surface area contributed by atoms with E-state index in [1.165, 1.54) is 6.92 Å². The van der Waals surface area contributed by atoms with Crippen LogP contribution in [0.4, 0.5) is 5.69 Å². The Hall–Kier alpha value is -4.19. The topological polar surface area (TPSA) is 88.3 Å². The average molecular weight is 412 g/mol. The summed E-state index contributed by atoms with van der Waals surface area (Å²) in [6.45, 7) is 1.41. The van der Waals surface area contributed by atoms with Gasteiger partial charge in [-0.05, 0) is 30.3 Å².